The van der Waals surface area contributed by atoms with E-state index in [-0.39, 0.29) is 0 Å². The molecule has 0 saturated carbocycles. The van der Waals surface area contributed by atoms with E-state index in [1.165, 1.54) is 5.56 Å². The maximum absolute atomic E-state index is 10.6. The molecule has 0 unspecified atom stereocenters. The molecule has 1 aromatic heterocycles. The zero-order valence-corrected chi connectivity index (χ0v) is 27.3. The monoisotopic (exact) mass is 646 g/mol. The van der Waals surface area contributed by atoms with Gasteiger partial charge in [-0.2, -0.15) is 15.8 Å². The molecule has 4 heteroatoms. The highest BCUT2D eigenvalue weighted by molar-refractivity contribution is 6.21. The minimum Gasteiger partial charge on any atom is -0.309 e. The largest absolute Gasteiger partial charge is 0.309 e. The predicted octanol–water partition coefficient (Wildman–Crippen LogP) is 11.7. The van der Waals surface area contributed by atoms with Crippen LogP contribution < -0.4 is 0 Å². The molecular weight excluding hydrogens is 621 g/mol. The third-order valence-corrected chi connectivity index (χ3v) is 9.84. The van der Waals surface area contributed by atoms with E-state index in [1.54, 1.807) is 0 Å². The zero-order chi connectivity index (χ0) is 34.5. The van der Waals surface area contributed by atoms with E-state index < -0.39 is 0 Å². The van der Waals surface area contributed by atoms with Gasteiger partial charge in [-0.25, -0.2) is 0 Å². The average Bonchev–Trinajstić information content (AvgIpc) is 3.53. The van der Waals surface area contributed by atoms with Gasteiger partial charge in [0.15, 0.2) is 0 Å². The summed E-state index contributed by atoms with van der Waals surface area (Å²) in [5, 5.41) is 36.9. The number of aromatic nitrogens is 1. The van der Waals surface area contributed by atoms with Crippen LogP contribution in [-0.2, 0) is 0 Å². The van der Waals surface area contributed by atoms with Gasteiger partial charge in [-0.3, -0.25) is 0 Å². The molecule has 0 spiro atoms. The van der Waals surface area contributed by atoms with Crippen molar-refractivity contribution in [2.24, 2.45) is 0 Å². The number of nitrogens with zero attached hydrogens (tertiary/aromatic N) is 4. The summed E-state index contributed by atoms with van der Waals surface area (Å²) in [6, 6.07) is 60.2. The second-order valence-electron chi connectivity index (χ2n) is 12.7. The van der Waals surface area contributed by atoms with E-state index in [2.05, 4.69) is 114 Å². The van der Waals surface area contributed by atoms with Crippen molar-refractivity contribution in [3.05, 3.63) is 174 Å². The quantitative estimate of drug-likeness (QED) is 0.179. The molecule has 0 aliphatic carbocycles. The molecule has 0 saturated heterocycles. The average molecular weight is 647 g/mol. The second-order valence-corrected chi connectivity index (χ2v) is 12.7. The molecule has 4 nitrogen and oxygen atoms in total. The number of nitriles is 3. The molecule has 0 bridgehead atoms. The van der Waals surface area contributed by atoms with Crippen LogP contribution in [0, 0.1) is 34.0 Å². The summed E-state index contributed by atoms with van der Waals surface area (Å²) in [4.78, 5) is 0. The van der Waals surface area contributed by atoms with Gasteiger partial charge in [-0.15, -0.1) is 0 Å². The van der Waals surface area contributed by atoms with Gasteiger partial charge in [0.2, 0.25) is 0 Å². The van der Waals surface area contributed by atoms with Crippen LogP contribution in [0.5, 0.6) is 0 Å². The molecule has 0 atom stereocenters. The first-order chi connectivity index (χ1) is 25.2. The van der Waals surface area contributed by atoms with Gasteiger partial charge in [0.1, 0.15) is 0 Å². The summed E-state index contributed by atoms with van der Waals surface area (Å²) in [5.41, 5.74) is 10.3. The molecule has 0 aliphatic rings. The smallest absolute Gasteiger partial charge is 0.0998 e. The van der Waals surface area contributed by atoms with Gasteiger partial charge in [-0.1, -0.05) is 103 Å². The van der Waals surface area contributed by atoms with Crippen molar-refractivity contribution in [1.29, 1.82) is 15.8 Å². The predicted molar refractivity (Wildman–Crippen MR) is 206 cm³/mol. The fourth-order valence-electron chi connectivity index (χ4n) is 7.68. The first-order valence-electron chi connectivity index (χ1n) is 16.7. The minimum atomic E-state index is 0.502. The Morgan fingerprint density at radius 3 is 1.59 bits per heavy atom. The Hall–Kier alpha value is -7.45. The molecule has 0 amide bonds. The number of para-hydroxylation sites is 1. The number of hydrogen-bond acceptors (Lipinski definition) is 3. The third kappa shape index (κ3) is 4.74. The Morgan fingerprint density at radius 2 is 0.941 bits per heavy atom. The highest BCUT2D eigenvalue weighted by atomic mass is 15.0. The summed E-state index contributed by atoms with van der Waals surface area (Å²) in [6.45, 7) is 0. The first kappa shape index (κ1) is 29.7. The van der Waals surface area contributed by atoms with Crippen LogP contribution in [0.4, 0.5) is 0 Å². The Bertz CT molecular complexity index is 2940. The summed E-state index contributed by atoms with van der Waals surface area (Å²) in [5.74, 6) is 0. The van der Waals surface area contributed by atoms with Crippen LogP contribution in [0.1, 0.15) is 16.7 Å². The van der Waals surface area contributed by atoms with Gasteiger partial charge < -0.3 is 4.57 Å². The summed E-state index contributed by atoms with van der Waals surface area (Å²) < 4.78 is 2.14. The Balaban J connectivity index is 1.26. The Morgan fingerprint density at radius 1 is 0.373 bits per heavy atom. The van der Waals surface area contributed by atoms with Crippen LogP contribution in [0.2, 0.25) is 0 Å². The molecule has 0 fully saturated rings. The summed E-state index contributed by atoms with van der Waals surface area (Å²) in [6.07, 6.45) is 0. The molecule has 1 heterocycles. The van der Waals surface area contributed by atoms with Crippen molar-refractivity contribution in [1.82, 2.24) is 4.57 Å². The van der Waals surface area contributed by atoms with E-state index in [0.717, 1.165) is 76.9 Å². The van der Waals surface area contributed by atoms with E-state index in [1.807, 2.05) is 66.7 Å². The lowest BCUT2D eigenvalue weighted by atomic mass is 9.85. The van der Waals surface area contributed by atoms with Crippen LogP contribution in [0.25, 0.3) is 82.4 Å². The molecule has 9 aromatic rings. The summed E-state index contributed by atoms with van der Waals surface area (Å²) in [7, 11) is 0. The van der Waals surface area contributed by atoms with Crippen molar-refractivity contribution < 1.29 is 0 Å². The third-order valence-electron chi connectivity index (χ3n) is 9.84. The number of fused-ring (bicyclic) bond motifs is 5. The topological polar surface area (TPSA) is 76.3 Å². The van der Waals surface area contributed by atoms with Crippen molar-refractivity contribution in [2.75, 3.05) is 0 Å². The molecule has 0 radical (unpaired) electrons. The first-order valence-corrected chi connectivity index (χ1v) is 16.7. The lowest BCUT2D eigenvalue weighted by Crippen LogP contribution is -1.97. The number of rotatable bonds is 4. The SMILES string of the molecule is N#Cc1cc(-c2ccc(-n3c4ccccc4c4cc(C#N)ccc43)cc2C#N)cc(-c2c3ccccc3c(-c3ccccc3)c3ccccc23)c1. The number of hydrogen-bond donors (Lipinski definition) is 0. The molecule has 0 aliphatic heterocycles. The highest BCUT2D eigenvalue weighted by Crippen LogP contribution is 2.45. The maximum atomic E-state index is 10.6. The van der Waals surface area contributed by atoms with Crippen LogP contribution in [-0.4, -0.2) is 4.57 Å². The van der Waals surface area contributed by atoms with Crippen LogP contribution >= 0.6 is 0 Å². The van der Waals surface area contributed by atoms with Crippen molar-refractivity contribution in [3.63, 3.8) is 0 Å². The van der Waals surface area contributed by atoms with Crippen molar-refractivity contribution in [2.45, 2.75) is 0 Å². The molecular formula is C47H26N4. The van der Waals surface area contributed by atoms with Crippen molar-refractivity contribution >= 4 is 43.4 Å². The lowest BCUT2D eigenvalue weighted by molar-refractivity contribution is 1.18. The maximum Gasteiger partial charge on any atom is 0.0998 e. The van der Waals surface area contributed by atoms with Gasteiger partial charge in [0.05, 0.1) is 45.9 Å². The molecule has 51 heavy (non-hydrogen) atoms. The van der Waals surface area contributed by atoms with Gasteiger partial charge in [0.25, 0.3) is 0 Å². The van der Waals surface area contributed by atoms with E-state index in [9.17, 15) is 15.8 Å². The van der Waals surface area contributed by atoms with Gasteiger partial charge >= 0.3 is 0 Å². The lowest BCUT2D eigenvalue weighted by Gasteiger charge is -2.18. The van der Waals surface area contributed by atoms with Crippen LogP contribution in [0.3, 0.4) is 0 Å². The van der Waals surface area contributed by atoms with Crippen molar-refractivity contribution in [3.8, 4) is 57.3 Å². The van der Waals surface area contributed by atoms with Crippen LogP contribution in [0.15, 0.2) is 158 Å². The Kier molecular flexibility index (Phi) is 6.93. The molecule has 9 rings (SSSR count). The zero-order valence-electron chi connectivity index (χ0n) is 27.3. The molecule has 0 N–H and O–H groups in total. The van der Waals surface area contributed by atoms with Gasteiger partial charge in [-0.05, 0) is 110 Å². The van der Waals surface area contributed by atoms with E-state index >= 15 is 0 Å². The molecule has 8 aromatic carbocycles. The summed E-state index contributed by atoms with van der Waals surface area (Å²) >= 11 is 0. The fourth-order valence-corrected chi connectivity index (χ4v) is 7.68. The van der Waals surface area contributed by atoms with Gasteiger partial charge in [0, 0.05) is 16.5 Å². The van der Waals surface area contributed by atoms with E-state index in [4.69, 9.17) is 0 Å². The van der Waals surface area contributed by atoms with E-state index in [0.29, 0.717) is 16.7 Å². The minimum absolute atomic E-state index is 0.502. The normalized spacial score (nSPS) is 11.1. The number of benzene rings is 8. The highest BCUT2D eigenvalue weighted by Gasteiger charge is 2.19. The Labute approximate surface area is 294 Å². The molecule has 234 valence electrons. The second kappa shape index (κ2) is 11.9. The fraction of sp³-hybridized carbons (Fsp3) is 0. The standard InChI is InChI=1S/C47H26N4/c48-27-30-18-21-45-43(24-30)38-12-8-9-17-44(38)51(45)36-19-20-37(35(26-36)29-50)33-22-31(28-49)23-34(25-33)47-41-15-6-4-13-39(41)46(32-10-2-1-3-11-32)40-14-5-7-16-42(40)47/h1-26H.